The second-order valence-corrected chi connectivity index (χ2v) is 5.35. The number of para-hydroxylation sites is 1. The monoisotopic (exact) mass is 252 g/mol. The fraction of sp³-hybridized carbons (Fsp3) is 0.333. The highest BCUT2D eigenvalue weighted by Gasteiger charge is 2.20. The highest BCUT2D eigenvalue weighted by molar-refractivity contribution is 7.89. The molecular weight excluding hydrogens is 236 g/mol. The Morgan fingerprint density at radius 1 is 1.47 bits per heavy atom. The van der Waals surface area contributed by atoms with E-state index in [1.54, 1.807) is 18.2 Å². The first kappa shape index (κ1) is 13.6. The number of hydrogen-bond acceptors (Lipinski definition) is 3. The first-order chi connectivity index (χ1) is 8.01. The molecule has 0 bridgehead atoms. The van der Waals surface area contributed by atoms with Crippen LogP contribution in [0, 0.1) is 12.3 Å². The van der Waals surface area contributed by atoms with Gasteiger partial charge in [-0.05, 0) is 18.6 Å². The summed E-state index contributed by atoms with van der Waals surface area (Å²) in [6.07, 6.45) is 6.68. The highest BCUT2D eigenvalue weighted by atomic mass is 32.2. The van der Waals surface area contributed by atoms with Crippen molar-refractivity contribution < 1.29 is 8.42 Å². The Hall–Kier alpha value is -1.51. The summed E-state index contributed by atoms with van der Waals surface area (Å²) in [6.45, 7) is 1.94. The van der Waals surface area contributed by atoms with Gasteiger partial charge in [0, 0.05) is 0 Å². The molecule has 0 aliphatic heterocycles. The van der Waals surface area contributed by atoms with E-state index in [1.807, 2.05) is 6.92 Å². The molecule has 0 heterocycles. The van der Waals surface area contributed by atoms with Crippen molar-refractivity contribution in [1.29, 1.82) is 0 Å². The van der Waals surface area contributed by atoms with Crippen LogP contribution in [0.2, 0.25) is 0 Å². The van der Waals surface area contributed by atoms with E-state index < -0.39 is 16.1 Å². The molecule has 0 aliphatic carbocycles. The Kier molecular flexibility index (Phi) is 4.55. The molecule has 0 spiro atoms. The lowest BCUT2D eigenvalue weighted by molar-refractivity contribution is 0.565. The number of benzene rings is 1. The molecule has 1 unspecified atom stereocenters. The molecule has 1 rings (SSSR count). The molecule has 0 aliphatic rings. The molecule has 1 atom stereocenters. The summed E-state index contributed by atoms with van der Waals surface area (Å²) in [7, 11) is -3.64. The zero-order valence-corrected chi connectivity index (χ0v) is 10.5. The van der Waals surface area contributed by atoms with Crippen molar-refractivity contribution in [3.8, 4) is 12.3 Å². The molecular formula is C12H16N2O2S. The van der Waals surface area contributed by atoms with Crippen molar-refractivity contribution >= 4 is 15.7 Å². The molecule has 4 nitrogen and oxygen atoms in total. The van der Waals surface area contributed by atoms with Crippen LogP contribution in [0.1, 0.15) is 19.8 Å². The number of sulfonamides is 1. The topological polar surface area (TPSA) is 72.2 Å². The largest absolute Gasteiger partial charge is 0.398 e. The van der Waals surface area contributed by atoms with Crippen LogP contribution in [-0.4, -0.2) is 14.5 Å². The molecule has 1 aromatic rings. The van der Waals surface area contributed by atoms with E-state index in [1.165, 1.54) is 6.07 Å². The molecule has 0 aromatic heterocycles. The number of rotatable bonds is 5. The van der Waals surface area contributed by atoms with E-state index in [0.29, 0.717) is 6.42 Å². The van der Waals surface area contributed by atoms with Crippen molar-refractivity contribution in [2.45, 2.75) is 30.7 Å². The zero-order valence-electron chi connectivity index (χ0n) is 9.68. The Morgan fingerprint density at radius 3 is 2.65 bits per heavy atom. The molecule has 3 N–H and O–H groups in total. The molecule has 0 amide bonds. The molecule has 5 heteroatoms. The summed E-state index contributed by atoms with van der Waals surface area (Å²) in [5.41, 5.74) is 5.84. The molecule has 92 valence electrons. The predicted octanol–water partition coefficient (Wildman–Crippen LogP) is 1.35. The summed E-state index contributed by atoms with van der Waals surface area (Å²) in [6, 6.07) is 5.80. The van der Waals surface area contributed by atoms with Gasteiger partial charge in [0.1, 0.15) is 4.90 Å². The van der Waals surface area contributed by atoms with Gasteiger partial charge in [-0.2, -0.15) is 4.72 Å². The zero-order chi connectivity index (χ0) is 12.9. The van der Waals surface area contributed by atoms with E-state index >= 15 is 0 Å². The third-order valence-electron chi connectivity index (χ3n) is 2.28. The third-order valence-corrected chi connectivity index (χ3v) is 3.83. The maximum atomic E-state index is 12.0. The smallest absolute Gasteiger partial charge is 0.243 e. The van der Waals surface area contributed by atoms with Crippen LogP contribution in [-0.2, 0) is 10.0 Å². The lowest BCUT2D eigenvalue weighted by Crippen LogP contribution is -2.34. The summed E-state index contributed by atoms with van der Waals surface area (Å²) in [4.78, 5) is 0.0661. The van der Waals surface area contributed by atoms with Gasteiger partial charge in [0.15, 0.2) is 0 Å². The van der Waals surface area contributed by atoms with Gasteiger partial charge in [-0.3, -0.25) is 0 Å². The lowest BCUT2D eigenvalue weighted by Gasteiger charge is -2.13. The number of hydrogen-bond donors (Lipinski definition) is 2. The third kappa shape index (κ3) is 3.48. The molecule has 1 aromatic carbocycles. The minimum absolute atomic E-state index is 0.0661. The van der Waals surface area contributed by atoms with Crippen LogP contribution in [0.25, 0.3) is 0 Å². The second kappa shape index (κ2) is 5.71. The molecule has 0 fully saturated rings. The van der Waals surface area contributed by atoms with Gasteiger partial charge in [-0.1, -0.05) is 31.4 Å². The summed E-state index contributed by atoms with van der Waals surface area (Å²) in [5, 5.41) is 0. The van der Waals surface area contributed by atoms with Crippen LogP contribution in [0.5, 0.6) is 0 Å². The Morgan fingerprint density at radius 2 is 2.12 bits per heavy atom. The summed E-state index contributed by atoms with van der Waals surface area (Å²) in [5.74, 6) is 2.42. The van der Waals surface area contributed by atoms with Crippen LogP contribution < -0.4 is 10.5 Å². The Labute approximate surface area is 102 Å². The minimum atomic E-state index is -3.64. The van der Waals surface area contributed by atoms with Gasteiger partial charge in [0.05, 0.1) is 11.7 Å². The van der Waals surface area contributed by atoms with Crippen molar-refractivity contribution in [2.24, 2.45) is 0 Å². The standard InChI is InChI=1S/C12H16N2O2S/c1-3-7-10(4-2)14-17(15,16)12-9-6-5-8-11(12)13/h2,5-6,8-10,14H,3,7,13H2,1H3. The number of terminal acetylenes is 1. The summed E-state index contributed by atoms with van der Waals surface area (Å²) < 4.78 is 26.5. The Bertz CT molecular complexity index is 518. The van der Waals surface area contributed by atoms with Crippen molar-refractivity contribution in [3.63, 3.8) is 0 Å². The second-order valence-electron chi connectivity index (χ2n) is 3.67. The normalized spacial score (nSPS) is 12.9. The molecule has 17 heavy (non-hydrogen) atoms. The minimum Gasteiger partial charge on any atom is -0.398 e. The van der Waals surface area contributed by atoms with E-state index in [9.17, 15) is 8.42 Å². The van der Waals surface area contributed by atoms with Crippen LogP contribution in [0.3, 0.4) is 0 Å². The average molecular weight is 252 g/mol. The van der Waals surface area contributed by atoms with E-state index in [4.69, 9.17) is 12.2 Å². The fourth-order valence-electron chi connectivity index (χ4n) is 1.44. The quantitative estimate of drug-likeness (QED) is 0.613. The van der Waals surface area contributed by atoms with Gasteiger partial charge in [-0.25, -0.2) is 8.42 Å². The van der Waals surface area contributed by atoms with Gasteiger partial charge < -0.3 is 5.73 Å². The van der Waals surface area contributed by atoms with Gasteiger partial charge >= 0.3 is 0 Å². The van der Waals surface area contributed by atoms with Crippen LogP contribution in [0.15, 0.2) is 29.2 Å². The summed E-state index contributed by atoms with van der Waals surface area (Å²) >= 11 is 0. The van der Waals surface area contributed by atoms with E-state index in [0.717, 1.165) is 6.42 Å². The first-order valence-corrected chi connectivity index (χ1v) is 6.82. The maximum absolute atomic E-state index is 12.0. The van der Waals surface area contributed by atoms with Crippen molar-refractivity contribution in [3.05, 3.63) is 24.3 Å². The number of anilines is 1. The fourth-order valence-corrected chi connectivity index (χ4v) is 2.76. The lowest BCUT2D eigenvalue weighted by atomic mass is 10.2. The molecule has 0 saturated heterocycles. The van der Waals surface area contributed by atoms with E-state index in [-0.39, 0.29) is 10.6 Å². The first-order valence-electron chi connectivity index (χ1n) is 5.34. The van der Waals surface area contributed by atoms with Crippen molar-refractivity contribution in [2.75, 3.05) is 5.73 Å². The van der Waals surface area contributed by atoms with Crippen LogP contribution in [0.4, 0.5) is 5.69 Å². The van der Waals surface area contributed by atoms with Gasteiger partial charge in [0.2, 0.25) is 10.0 Å². The number of nitrogens with one attached hydrogen (secondary N) is 1. The molecule has 0 radical (unpaired) electrons. The van der Waals surface area contributed by atoms with Gasteiger partial charge in [-0.15, -0.1) is 6.42 Å². The average Bonchev–Trinajstić information content (AvgIpc) is 2.28. The number of nitrogen functional groups attached to an aromatic ring is 1. The SMILES string of the molecule is C#CC(CCC)NS(=O)(=O)c1ccccc1N. The maximum Gasteiger partial charge on any atom is 0.243 e. The Balaban J connectivity index is 2.98. The van der Waals surface area contributed by atoms with Crippen LogP contribution >= 0.6 is 0 Å². The van der Waals surface area contributed by atoms with Crippen molar-refractivity contribution in [1.82, 2.24) is 4.72 Å². The highest BCUT2D eigenvalue weighted by Crippen LogP contribution is 2.17. The molecule has 0 saturated carbocycles. The van der Waals surface area contributed by atoms with Gasteiger partial charge in [0.25, 0.3) is 0 Å². The predicted molar refractivity (Wildman–Crippen MR) is 68.7 cm³/mol. The number of nitrogens with two attached hydrogens (primary N) is 1. The van der Waals surface area contributed by atoms with E-state index in [2.05, 4.69) is 10.6 Å².